The van der Waals surface area contributed by atoms with Crippen LogP contribution in [0.25, 0.3) is 11.3 Å². The van der Waals surface area contributed by atoms with E-state index in [1.54, 1.807) is 36.0 Å². The first-order valence-electron chi connectivity index (χ1n) is 8.59. The van der Waals surface area contributed by atoms with Gasteiger partial charge >= 0.3 is 0 Å². The number of anilines is 1. The lowest BCUT2D eigenvalue weighted by Gasteiger charge is -2.16. The highest BCUT2D eigenvalue weighted by Crippen LogP contribution is 2.30. The number of fused-ring (bicyclic) bond motifs is 2. The van der Waals surface area contributed by atoms with Gasteiger partial charge in [-0.15, -0.1) is 15.3 Å². The summed E-state index contributed by atoms with van der Waals surface area (Å²) in [6.07, 6.45) is -1.27. The molecule has 0 N–H and O–H groups in total. The topological polar surface area (TPSA) is 81.2 Å². The quantitative estimate of drug-likeness (QED) is 0.512. The number of rotatable bonds is 3. The molecule has 1 amide bonds. The van der Waals surface area contributed by atoms with Gasteiger partial charge in [-0.1, -0.05) is 11.6 Å². The SMILES string of the molecule is Cc1cc(N2Cc3c(ncn3-c3ccc(Cl)cc3)C2=O)nn2c(C(F)F)nnc12. The minimum atomic E-state index is -2.84. The maximum atomic E-state index is 13.2. The van der Waals surface area contributed by atoms with Crippen molar-refractivity contribution < 1.29 is 13.6 Å². The zero-order valence-corrected chi connectivity index (χ0v) is 15.7. The Balaban J connectivity index is 1.57. The summed E-state index contributed by atoms with van der Waals surface area (Å²) in [6, 6.07) is 8.74. The van der Waals surface area contributed by atoms with Gasteiger partial charge in [0.15, 0.2) is 17.2 Å². The van der Waals surface area contributed by atoms with E-state index < -0.39 is 12.2 Å². The Bertz CT molecular complexity index is 1270. The van der Waals surface area contributed by atoms with Crippen molar-refractivity contribution in [2.45, 2.75) is 19.9 Å². The predicted octanol–water partition coefficient (Wildman–Crippen LogP) is 3.37. The van der Waals surface area contributed by atoms with E-state index in [1.165, 1.54) is 4.90 Å². The summed E-state index contributed by atoms with van der Waals surface area (Å²) >= 11 is 5.94. The van der Waals surface area contributed by atoms with Crippen LogP contribution in [0.4, 0.5) is 14.6 Å². The third-order valence-corrected chi connectivity index (χ3v) is 5.02. The van der Waals surface area contributed by atoms with Gasteiger partial charge in [0, 0.05) is 10.7 Å². The number of hydrogen-bond acceptors (Lipinski definition) is 5. The number of aromatic nitrogens is 6. The van der Waals surface area contributed by atoms with E-state index in [4.69, 9.17) is 11.6 Å². The van der Waals surface area contributed by atoms with Crippen LogP contribution in [0.2, 0.25) is 5.02 Å². The van der Waals surface area contributed by atoms with Crippen LogP contribution >= 0.6 is 11.6 Å². The monoisotopic (exact) mass is 415 g/mol. The fraction of sp³-hybridized carbons (Fsp3) is 0.167. The molecule has 0 saturated heterocycles. The molecule has 1 aliphatic heterocycles. The minimum Gasteiger partial charge on any atom is -0.301 e. The average molecular weight is 416 g/mol. The number of aryl methyl sites for hydroxylation is 1. The van der Waals surface area contributed by atoms with Crippen LogP contribution in [-0.4, -0.2) is 35.3 Å². The zero-order valence-electron chi connectivity index (χ0n) is 14.9. The van der Waals surface area contributed by atoms with Crippen molar-refractivity contribution in [2.24, 2.45) is 0 Å². The molecule has 29 heavy (non-hydrogen) atoms. The Morgan fingerprint density at radius 1 is 1.17 bits per heavy atom. The summed E-state index contributed by atoms with van der Waals surface area (Å²) in [7, 11) is 0. The molecule has 0 radical (unpaired) electrons. The summed E-state index contributed by atoms with van der Waals surface area (Å²) in [5.74, 6) is -0.703. The van der Waals surface area contributed by atoms with E-state index in [0.717, 1.165) is 10.2 Å². The molecule has 1 aliphatic rings. The number of hydrogen-bond donors (Lipinski definition) is 0. The number of alkyl halides is 2. The highest BCUT2D eigenvalue weighted by atomic mass is 35.5. The number of carbonyl (C=O) groups is 1. The number of nitrogens with zero attached hydrogens (tertiary/aromatic N) is 7. The van der Waals surface area contributed by atoms with Gasteiger partial charge in [0.05, 0.1) is 12.2 Å². The molecule has 0 fully saturated rings. The standard InChI is InChI=1S/C18H12ClF2N7O/c1-9-6-13(25-28-16(9)23-24-17(28)15(20)21)26-7-12-14(18(26)29)22-8-27(12)11-4-2-10(19)3-5-11/h2-6,8,15H,7H2,1H3. The molecule has 0 aliphatic carbocycles. The summed E-state index contributed by atoms with van der Waals surface area (Å²) in [5, 5.41) is 12.0. The molecule has 4 aromatic rings. The van der Waals surface area contributed by atoms with Crippen LogP contribution in [0.15, 0.2) is 36.7 Å². The van der Waals surface area contributed by atoms with E-state index in [9.17, 15) is 13.6 Å². The van der Waals surface area contributed by atoms with Crippen LogP contribution in [0, 0.1) is 6.92 Å². The largest absolute Gasteiger partial charge is 0.301 e. The van der Waals surface area contributed by atoms with Gasteiger partial charge in [-0.05, 0) is 42.8 Å². The third kappa shape index (κ3) is 2.67. The molecule has 0 atom stereocenters. The maximum absolute atomic E-state index is 13.2. The van der Waals surface area contributed by atoms with Crippen molar-refractivity contribution in [3.63, 3.8) is 0 Å². The van der Waals surface area contributed by atoms with Crippen molar-refractivity contribution in [3.05, 3.63) is 64.5 Å². The summed E-state index contributed by atoms with van der Waals surface area (Å²) in [5.41, 5.74) is 2.56. The number of imidazole rings is 1. The molecule has 0 spiro atoms. The second-order valence-corrected chi connectivity index (χ2v) is 6.99. The summed E-state index contributed by atoms with van der Waals surface area (Å²) in [4.78, 5) is 18.5. The lowest BCUT2D eigenvalue weighted by atomic mass is 10.3. The Kier molecular flexibility index (Phi) is 3.85. The fourth-order valence-corrected chi connectivity index (χ4v) is 3.48. The second-order valence-electron chi connectivity index (χ2n) is 6.56. The normalized spacial score (nSPS) is 13.7. The van der Waals surface area contributed by atoms with Gasteiger partial charge < -0.3 is 4.57 Å². The van der Waals surface area contributed by atoms with Crippen LogP contribution in [0.3, 0.4) is 0 Å². The summed E-state index contributed by atoms with van der Waals surface area (Å²) in [6.45, 7) is 1.89. The van der Waals surface area contributed by atoms with Crippen LogP contribution in [0.5, 0.6) is 0 Å². The van der Waals surface area contributed by atoms with Crippen LogP contribution < -0.4 is 4.90 Å². The molecular weight excluding hydrogens is 404 g/mol. The van der Waals surface area contributed by atoms with E-state index in [0.29, 0.717) is 16.3 Å². The Morgan fingerprint density at radius 2 is 1.93 bits per heavy atom. The number of carbonyl (C=O) groups excluding carboxylic acids is 1. The van der Waals surface area contributed by atoms with Crippen LogP contribution in [0.1, 0.15) is 34.0 Å². The van der Waals surface area contributed by atoms with Gasteiger partial charge in [-0.2, -0.15) is 4.52 Å². The molecule has 3 aromatic heterocycles. The predicted molar refractivity (Wildman–Crippen MR) is 99.6 cm³/mol. The van der Waals surface area contributed by atoms with Crippen LogP contribution in [-0.2, 0) is 6.54 Å². The number of benzene rings is 1. The molecular formula is C18H12ClF2N7O. The molecule has 0 saturated carbocycles. The Hall–Kier alpha value is -3.40. The molecule has 0 bridgehead atoms. The van der Waals surface area contributed by atoms with Crippen molar-refractivity contribution in [2.75, 3.05) is 4.90 Å². The number of amides is 1. The molecule has 0 unspecified atom stereocenters. The van der Waals surface area contributed by atoms with Gasteiger partial charge in [-0.25, -0.2) is 13.8 Å². The lowest BCUT2D eigenvalue weighted by Crippen LogP contribution is -2.26. The molecule has 8 nitrogen and oxygen atoms in total. The van der Waals surface area contributed by atoms with E-state index >= 15 is 0 Å². The van der Waals surface area contributed by atoms with E-state index in [1.807, 2.05) is 12.1 Å². The highest BCUT2D eigenvalue weighted by molar-refractivity contribution is 6.30. The number of halogens is 3. The third-order valence-electron chi connectivity index (χ3n) is 4.76. The smallest absolute Gasteiger partial charge is 0.299 e. The maximum Gasteiger partial charge on any atom is 0.299 e. The molecule has 146 valence electrons. The molecule has 11 heteroatoms. The van der Waals surface area contributed by atoms with Crippen molar-refractivity contribution in [3.8, 4) is 5.69 Å². The lowest BCUT2D eigenvalue weighted by molar-refractivity contribution is 0.0991. The minimum absolute atomic E-state index is 0.195. The zero-order chi connectivity index (χ0) is 20.3. The van der Waals surface area contributed by atoms with Gasteiger partial charge in [0.25, 0.3) is 12.3 Å². The van der Waals surface area contributed by atoms with Crippen molar-refractivity contribution >= 4 is 29.0 Å². The molecule has 1 aromatic carbocycles. The average Bonchev–Trinajstić information content (AvgIpc) is 3.37. The Morgan fingerprint density at radius 3 is 2.66 bits per heavy atom. The molecule has 4 heterocycles. The van der Waals surface area contributed by atoms with E-state index in [-0.39, 0.29) is 29.6 Å². The van der Waals surface area contributed by atoms with E-state index in [2.05, 4.69) is 20.3 Å². The van der Waals surface area contributed by atoms with Gasteiger partial charge in [0.2, 0.25) is 5.82 Å². The van der Waals surface area contributed by atoms with Crippen molar-refractivity contribution in [1.29, 1.82) is 0 Å². The second kappa shape index (κ2) is 6.31. The fourth-order valence-electron chi connectivity index (χ4n) is 3.36. The summed E-state index contributed by atoms with van der Waals surface area (Å²) < 4.78 is 29.2. The van der Waals surface area contributed by atoms with Crippen molar-refractivity contribution in [1.82, 2.24) is 29.4 Å². The molecule has 5 rings (SSSR count). The van der Waals surface area contributed by atoms with Gasteiger partial charge in [-0.3, -0.25) is 9.69 Å². The Labute approximate surface area is 167 Å². The van der Waals surface area contributed by atoms with Gasteiger partial charge in [0.1, 0.15) is 6.33 Å². The highest BCUT2D eigenvalue weighted by Gasteiger charge is 2.35. The first kappa shape index (κ1) is 17.7. The first-order valence-corrected chi connectivity index (χ1v) is 8.97. The first-order chi connectivity index (χ1) is 13.9.